The molecule has 5 aromatic rings. The quantitative estimate of drug-likeness (QED) is 0.349. The fourth-order valence-electron chi connectivity index (χ4n) is 2.98. The van der Waals surface area contributed by atoms with Gasteiger partial charge in [-0.2, -0.15) is 9.61 Å². The van der Waals surface area contributed by atoms with Gasteiger partial charge in [-0.3, -0.25) is 4.79 Å². The van der Waals surface area contributed by atoms with Crippen LogP contribution in [-0.2, 0) is 0 Å². The van der Waals surface area contributed by atoms with E-state index in [-0.39, 0.29) is 11.7 Å². The van der Waals surface area contributed by atoms with E-state index in [1.807, 2.05) is 31.2 Å². The summed E-state index contributed by atoms with van der Waals surface area (Å²) in [5.41, 5.74) is 2.30. The van der Waals surface area contributed by atoms with Crippen molar-refractivity contribution >= 4 is 51.1 Å². The molecular weight excluding hydrogens is 457 g/mol. The Hall–Kier alpha value is -3.20. The molecule has 3 aromatic heterocycles. The van der Waals surface area contributed by atoms with Gasteiger partial charge in [0, 0.05) is 16.8 Å². The maximum Gasteiger partial charge on any atom is 0.291 e. The van der Waals surface area contributed by atoms with Crippen molar-refractivity contribution in [1.29, 1.82) is 0 Å². The number of nitrogens with zero attached hydrogens (tertiary/aromatic N) is 4. The fraction of sp³-hybridized carbons (Fsp3) is 0.0476. The van der Waals surface area contributed by atoms with E-state index in [1.165, 1.54) is 11.3 Å². The van der Waals surface area contributed by atoms with Crippen LogP contribution < -0.4 is 5.32 Å². The summed E-state index contributed by atoms with van der Waals surface area (Å²) >= 11 is 13.5. The Labute approximate surface area is 190 Å². The van der Waals surface area contributed by atoms with Gasteiger partial charge in [0.25, 0.3) is 5.91 Å². The van der Waals surface area contributed by atoms with Gasteiger partial charge in [0.2, 0.25) is 4.96 Å². The number of fused-ring (bicyclic) bond motifs is 1. The summed E-state index contributed by atoms with van der Waals surface area (Å²) in [7, 11) is 0. The first-order chi connectivity index (χ1) is 15.0. The number of halogens is 2. The second-order valence-electron chi connectivity index (χ2n) is 6.67. The van der Waals surface area contributed by atoms with Gasteiger partial charge < -0.3 is 9.73 Å². The zero-order chi connectivity index (χ0) is 21.5. The molecule has 0 aliphatic carbocycles. The number of nitrogens with one attached hydrogen (secondary N) is 1. The molecule has 10 heteroatoms. The SMILES string of the molecule is Cc1nnc2sc(-c3ccc(NC(=O)c4ccc(-c5ccc(Cl)c(Cl)c5)o4)cc3)nn12. The Balaban J connectivity index is 1.31. The van der Waals surface area contributed by atoms with E-state index in [9.17, 15) is 4.79 Å². The van der Waals surface area contributed by atoms with Gasteiger partial charge in [-0.15, -0.1) is 10.2 Å². The molecule has 1 amide bonds. The number of hydrogen-bond acceptors (Lipinski definition) is 6. The highest BCUT2D eigenvalue weighted by atomic mass is 35.5. The maximum atomic E-state index is 12.6. The fourth-order valence-corrected chi connectivity index (χ4v) is 4.17. The molecule has 0 bridgehead atoms. The molecule has 0 aliphatic heterocycles. The predicted octanol–water partition coefficient (Wildman–Crippen LogP) is 5.98. The predicted molar refractivity (Wildman–Crippen MR) is 121 cm³/mol. The highest BCUT2D eigenvalue weighted by Gasteiger charge is 2.14. The van der Waals surface area contributed by atoms with E-state index in [0.29, 0.717) is 21.5 Å². The van der Waals surface area contributed by atoms with Crippen molar-refractivity contribution in [3.8, 4) is 21.9 Å². The van der Waals surface area contributed by atoms with Crippen LogP contribution in [0.3, 0.4) is 0 Å². The number of furan rings is 1. The van der Waals surface area contributed by atoms with E-state index in [1.54, 1.807) is 34.8 Å². The Morgan fingerprint density at radius 3 is 2.52 bits per heavy atom. The Kier molecular flexibility index (Phi) is 4.97. The minimum absolute atomic E-state index is 0.189. The molecule has 0 atom stereocenters. The third-order valence-corrected chi connectivity index (χ3v) is 6.26. The molecule has 3 heterocycles. The van der Waals surface area contributed by atoms with Crippen LogP contribution in [0.4, 0.5) is 5.69 Å². The number of benzene rings is 2. The standard InChI is InChI=1S/C21H13Cl2N5O2S/c1-11-25-26-21-28(11)27-20(31-21)12-2-5-14(6-3-12)24-19(29)18-9-8-17(30-18)13-4-7-15(22)16(23)10-13/h2-10H,1H3,(H,24,29). The minimum Gasteiger partial charge on any atom is -0.451 e. The van der Waals surface area contributed by atoms with Crippen molar-refractivity contribution in [2.75, 3.05) is 5.32 Å². The molecule has 0 saturated heterocycles. The molecular formula is C21H13Cl2N5O2S. The average Bonchev–Trinajstić information content (AvgIpc) is 3.48. The number of amides is 1. The lowest BCUT2D eigenvalue weighted by molar-refractivity contribution is 0.0997. The first kappa shape index (κ1) is 19.7. The highest BCUT2D eigenvalue weighted by molar-refractivity contribution is 7.19. The van der Waals surface area contributed by atoms with Crippen LogP contribution >= 0.6 is 34.5 Å². The molecule has 2 aromatic carbocycles. The molecule has 7 nitrogen and oxygen atoms in total. The van der Waals surface area contributed by atoms with Crippen LogP contribution in [0.25, 0.3) is 26.9 Å². The van der Waals surface area contributed by atoms with E-state index < -0.39 is 0 Å². The lowest BCUT2D eigenvalue weighted by Gasteiger charge is -2.04. The molecule has 154 valence electrons. The largest absolute Gasteiger partial charge is 0.451 e. The van der Waals surface area contributed by atoms with Gasteiger partial charge in [0.1, 0.15) is 10.8 Å². The van der Waals surface area contributed by atoms with E-state index in [0.717, 1.165) is 26.9 Å². The second-order valence-corrected chi connectivity index (χ2v) is 8.44. The normalized spacial score (nSPS) is 11.2. The molecule has 0 saturated carbocycles. The van der Waals surface area contributed by atoms with Gasteiger partial charge in [-0.1, -0.05) is 34.5 Å². The van der Waals surface area contributed by atoms with E-state index >= 15 is 0 Å². The summed E-state index contributed by atoms with van der Waals surface area (Å²) in [5.74, 6) is 1.10. The van der Waals surface area contributed by atoms with Crippen molar-refractivity contribution in [1.82, 2.24) is 19.8 Å². The van der Waals surface area contributed by atoms with Crippen molar-refractivity contribution in [3.63, 3.8) is 0 Å². The Morgan fingerprint density at radius 1 is 1.00 bits per heavy atom. The Bertz CT molecular complexity index is 1420. The molecule has 0 aliphatic rings. The van der Waals surface area contributed by atoms with Gasteiger partial charge in [-0.25, -0.2) is 0 Å². The summed E-state index contributed by atoms with van der Waals surface area (Å²) in [6.45, 7) is 1.85. The number of carbonyl (C=O) groups is 1. The number of hydrogen-bond donors (Lipinski definition) is 1. The van der Waals surface area contributed by atoms with Crippen molar-refractivity contribution in [2.45, 2.75) is 6.92 Å². The van der Waals surface area contributed by atoms with Gasteiger partial charge >= 0.3 is 0 Å². The number of carbonyl (C=O) groups excluding carboxylic acids is 1. The van der Waals surface area contributed by atoms with Crippen molar-refractivity contribution in [2.24, 2.45) is 0 Å². The lowest BCUT2D eigenvalue weighted by Crippen LogP contribution is -2.10. The number of anilines is 1. The van der Waals surface area contributed by atoms with Crippen molar-refractivity contribution < 1.29 is 9.21 Å². The first-order valence-electron chi connectivity index (χ1n) is 9.14. The zero-order valence-electron chi connectivity index (χ0n) is 16.0. The molecule has 5 rings (SSSR count). The third kappa shape index (κ3) is 3.81. The maximum absolute atomic E-state index is 12.6. The summed E-state index contributed by atoms with van der Waals surface area (Å²) in [5, 5.41) is 17.1. The molecule has 0 spiro atoms. The number of rotatable bonds is 4. The van der Waals surface area contributed by atoms with E-state index in [2.05, 4.69) is 20.6 Å². The van der Waals surface area contributed by atoms with Crippen LogP contribution in [0.5, 0.6) is 0 Å². The summed E-state index contributed by atoms with van der Waals surface area (Å²) in [6.07, 6.45) is 0. The molecule has 0 fully saturated rings. The van der Waals surface area contributed by atoms with Gasteiger partial charge in [-0.05, 0) is 61.5 Å². The van der Waals surface area contributed by atoms with Crippen LogP contribution in [0.1, 0.15) is 16.4 Å². The van der Waals surface area contributed by atoms with Gasteiger partial charge in [0.15, 0.2) is 11.6 Å². The van der Waals surface area contributed by atoms with E-state index in [4.69, 9.17) is 27.6 Å². The molecule has 0 unspecified atom stereocenters. The van der Waals surface area contributed by atoms with Crippen LogP contribution in [0.15, 0.2) is 59.0 Å². The minimum atomic E-state index is -0.353. The van der Waals surface area contributed by atoms with Crippen LogP contribution in [-0.4, -0.2) is 25.7 Å². The molecule has 0 radical (unpaired) electrons. The molecule has 1 N–H and O–H groups in total. The molecule has 31 heavy (non-hydrogen) atoms. The number of aromatic nitrogens is 4. The lowest BCUT2D eigenvalue weighted by atomic mass is 10.2. The zero-order valence-corrected chi connectivity index (χ0v) is 18.3. The van der Waals surface area contributed by atoms with Crippen LogP contribution in [0, 0.1) is 6.92 Å². The Morgan fingerprint density at radius 2 is 1.77 bits per heavy atom. The summed E-state index contributed by atoms with van der Waals surface area (Å²) < 4.78 is 7.40. The topological polar surface area (TPSA) is 85.3 Å². The monoisotopic (exact) mass is 469 g/mol. The smallest absolute Gasteiger partial charge is 0.291 e. The third-order valence-electron chi connectivity index (χ3n) is 4.57. The van der Waals surface area contributed by atoms with Crippen LogP contribution in [0.2, 0.25) is 10.0 Å². The number of aryl methyl sites for hydroxylation is 1. The summed E-state index contributed by atoms with van der Waals surface area (Å²) in [4.78, 5) is 13.3. The highest BCUT2D eigenvalue weighted by Crippen LogP contribution is 2.30. The van der Waals surface area contributed by atoms with Gasteiger partial charge in [0.05, 0.1) is 10.0 Å². The summed E-state index contributed by atoms with van der Waals surface area (Å²) in [6, 6.07) is 15.9. The first-order valence-corrected chi connectivity index (χ1v) is 10.7. The second kappa shape index (κ2) is 7.81. The average molecular weight is 470 g/mol. The van der Waals surface area contributed by atoms with Crippen molar-refractivity contribution in [3.05, 3.63) is 76.2 Å².